The molecule has 0 amide bonds. The van der Waals surface area contributed by atoms with Gasteiger partial charge in [-0.25, -0.2) is 4.68 Å². The molecular weight excluding hydrogens is 254 g/mol. The first kappa shape index (κ1) is 12.8. The quantitative estimate of drug-likeness (QED) is 0.908. The molecule has 0 aliphatic carbocycles. The minimum Gasteiger partial charge on any atom is -0.311 e. The number of para-hydroxylation sites is 1. The van der Waals surface area contributed by atoms with Crippen molar-refractivity contribution in [2.75, 3.05) is 18.1 Å². The van der Waals surface area contributed by atoms with Gasteiger partial charge in [0.15, 0.2) is 0 Å². The second-order valence-corrected chi connectivity index (χ2v) is 6.10. The zero-order chi connectivity index (χ0) is 12.9. The fourth-order valence-corrected chi connectivity index (χ4v) is 3.61. The maximum absolute atomic E-state index is 4.59. The molecule has 1 aromatic heterocycles. The molecule has 1 N–H and O–H groups in total. The predicted octanol–water partition coefficient (Wildman–Crippen LogP) is 2.72. The zero-order valence-electron chi connectivity index (χ0n) is 11.0. The van der Waals surface area contributed by atoms with Gasteiger partial charge in [0, 0.05) is 12.7 Å². The van der Waals surface area contributed by atoms with Crippen LogP contribution in [0.15, 0.2) is 42.6 Å². The average Bonchev–Trinajstić information content (AvgIpc) is 3.11. The van der Waals surface area contributed by atoms with Crippen molar-refractivity contribution in [3.8, 4) is 5.69 Å². The van der Waals surface area contributed by atoms with E-state index in [1.807, 2.05) is 29.1 Å². The molecular formula is C15H19N3S. The highest BCUT2D eigenvalue weighted by molar-refractivity contribution is 7.99. The summed E-state index contributed by atoms with van der Waals surface area (Å²) in [6.45, 7) is 1.98. The Bertz CT molecular complexity index is 503. The number of aromatic nitrogens is 2. The van der Waals surface area contributed by atoms with E-state index >= 15 is 0 Å². The van der Waals surface area contributed by atoms with Gasteiger partial charge in [-0.2, -0.15) is 16.9 Å². The lowest BCUT2D eigenvalue weighted by atomic mass is 10.1. The number of hydrogen-bond donors (Lipinski definition) is 1. The van der Waals surface area contributed by atoms with Gasteiger partial charge in [-0.3, -0.25) is 0 Å². The van der Waals surface area contributed by atoms with Crippen LogP contribution in [0.5, 0.6) is 0 Å². The van der Waals surface area contributed by atoms with Gasteiger partial charge in [-0.05, 0) is 48.6 Å². The summed E-state index contributed by atoms with van der Waals surface area (Å²) in [5.74, 6) is 3.49. The fraction of sp³-hybridized carbons (Fsp3) is 0.400. The molecule has 0 spiro atoms. The summed E-state index contributed by atoms with van der Waals surface area (Å²) in [5, 5.41) is 8.11. The van der Waals surface area contributed by atoms with Crippen LogP contribution in [0.1, 0.15) is 12.1 Å². The molecule has 2 aromatic rings. The van der Waals surface area contributed by atoms with Crippen molar-refractivity contribution < 1.29 is 0 Å². The molecule has 1 aromatic carbocycles. The summed E-state index contributed by atoms with van der Waals surface area (Å²) in [4.78, 5) is 0. The topological polar surface area (TPSA) is 29.9 Å². The molecule has 0 radical (unpaired) electrons. The largest absolute Gasteiger partial charge is 0.311 e. The van der Waals surface area contributed by atoms with E-state index < -0.39 is 0 Å². The van der Waals surface area contributed by atoms with E-state index in [0.29, 0.717) is 0 Å². The Morgan fingerprint density at radius 1 is 1.26 bits per heavy atom. The van der Waals surface area contributed by atoms with Gasteiger partial charge in [-0.15, -0.1) is 0 Å². The summed E-state index contributed by atoms with van der Waals surface area (Å²) in [7, 11) is 0. The normalized spacial score (nSPS) is 18.8. The standard InChI is InChI=1S/C15H19N3S/c1-2-4-15(5-3-1)18-8-6-14(17-18)11-16-10-13-7-9-19-12-13/h1-6,8,13,16H,7,9-12H2. The zero-order valence-corrected chi connectivity index (χ0v) is 11.8. The van der Waals surface area contributed by atoms with E-state index in [1.54, 1.807) is 0 Å². The highest BCUT2D eigenvalue weighted by Gasteiger charge is 2.14. The average molecular weight is 273 g/mol. The first-order valence-electron chi connectivity index (χ1n) is 6.80. The van der Waals surface area contributed by atoms with Crippen LogP contribution in [0.4, 0.5) is 0 Å². The maximum atomic E-state index is 4.59. The molecule has 1 atom stereocenters. The van der Waals surface area contributed by atoms with Crippen LogP contribution in [-0.2, 0) is 6.54 Å². The number of nitrogens with one attached hydrogen (secondary N) is 1. The van der Waals surface area contributed by atoms with Crippen LogP contribution < -0.4 is 5.32 Å². The number of hydrogen-bond acceptors (Lipinski definition) is 3. The molecule has 0 bridgehead atoms. The van der Waals surface area contributed by atoms with Crippen molar-refractivity contribution in [1.82, 2.24) is 15.1 Å². The van der Waals surface area contributed by atoms with Crippen LogP contribution in [0.2, 0.25) is 0 Å². The van der Waals surface area contributed by atoms with Crippen molar-refractivity contribution >= 4 is 11.8 Å². The Kier molecular flexibility index (Phi) is 4.20. The Morgan fingerprint density at radius 3 is 2.95 bits per heavy atom. The third-order valence-electron chi connectivity index (χ3n) is 3.43. The summed E-state index contributed by atoms with van der Waals surface area (Å²) in [6, 6.07) is 12.3. The van der Waals surface area contributed by atoms with Crippen molar-refractivity contribution in [3.05, 3.63) is 48.3 Å². The molecule has 1 aliphatic heterocycles. The minimum atomic E-state index is 0.848. The maximum Gasteiger partial charge on any atom is 0.0766 e. The molecule has 0 saturated carbocycles. The Balaban J connectivity index is 1.53. The predicted molar refractivity (Wildman–Crippen MR) is 80.7 cm³/mol. The second kappa shape index (κ2) is 6.26. The molecule has 19 heavy (non-hydrogen) atoms. The molecule has 4 heteroatoms. The Labute approximate surface area is 118 Å². The molecule has 3 nitrogen and oxygen atoms in total. The van der Waals surface area contributed by atoms with Crippen LogP contribution in [0, 0.1) is 5.92 Å². The van der Waals surface area contributed by atoms with Crippen LogP contribution in [-0.4, -0.2) is 27.8 Å². The first-order valence-corrected chi connectivity index (χ1v) is 7.96. The van der Waals surface area contributed by atoms with Crippen LogP contribution >= 0.6 is 11.8 Å². The monoisotopic (exact) mass is 273 g/mol. The van der Waals surface area contributed by atoms with Crippen molar-refractivity contribution in [2.45, 2.75) is 13.0 Å². The Morgan fingerprint density at radius 2 is 2.16 bits per heavy atom. The smallest absolute Gasteiger partial charge is 0.0766 e. The molecule has 1 unspecified atom stereocenters. The van der Waals surface area contributed by atoms with Gasteiger partial charge < -0.3 is 5.32 Å². The van der Waals surface area contributed by atoms with Gasteiger partial charge in [0.1, 0.15) is 0 Å². The summed E-state index contributed by atoms with van der Waals surface area (Å²) < 4.78 is 1.93. The van der Waals surface area contributed by atoms with Crippen molar-refractivity contribution in [3.63, 3.8) is 0 Å². The molecule has 100 valence electrons. The van der Waals surface area contributed by atoms with Gasteiger partial charge in [0.25, 0.3) is 0 Å². The van der Waals surface area contributed by atoms with E-state index in [0.717, 1.165) is 30.4 Å². The molecule has 3 rings (SSSR count). The minimum absolute atomic E-state index is 0.848. The fourth-order valence-electron chi connectivity index (χ4n) is 2.33. The summed E-state index contributed by atoms with van der Waals surface area (Å²) in [6.07, 6.45) is 3.38. The first-order chi connectivity index (χ1) is 9.42. The lowest BCUT2D eigenvalue weighted by Crippen LogP contribution is -2.22. The van der Waals surface area contributed by atoms with Gasteiger partial charge in [0.05, 0.1) is 11.4 Å². The lowest BCUT2D eigenvalue weighted by Gasteiger charge is -2.08. The van der Waals surface area contributed by atoms with Gasteiger partial charge in [0.2, 0.25) is 0 Å². The highest BCUT2D eigenvalue weighted by atomic mass is 32.2. The SMILES string of the molecule is c1ccc(-n2ccc(CNCC3CCSC3)n2)cc1. The van der Waals surface area contributed by atoms with Crippen LogP contribution in [0.3, 0.4) is 0 Å². The summed E-state index contributed by atoms with van der Waals surface area (Å²) >= 11 is 2.07. The van der Waals surface area contributed by atoms with E-state index in [1.165, 1.54) is 17.9 Å². The van der Waals surface area contributed by atoms with E-state index in [9.17, 15) is 0 Å². The lowest BCUT2D eigenvalue weighted by molar-refractivity contribution is 0.519. The molecule has 1 fully saturated rings. The second-order valence-electron chi connectivity index (χ2n) is 4.95. The number of nitrogens with zero attached hydrogens (tertiary/aromatic N) is 2. The van der Waals surface area contributed by atoms with E-state index in [-0.39, 0.29) is 0 Å². The molecule has 1 aliphatic rings. The number of rotatable bonds is 5. The Hall–Kier alpha value is -1.26. The van der Waals surface area contributed by atoms with Crippen molar-refractivity contribution in [1.29, 1.82) is 0 Å². The number of benzene rings is 1. The highest BCUT2D eigenvalue weighted by Crippen LogP contribution is 2.22. The molecule has 2 heterocycles. The molecule has 1 saturated heterocycles. The summed E-state index contributed by atoms with van der Waals surface area (Å²) in [5.41, 5.74) is 2.22. The third-order valence-corrected chi connectivity index (χ3v) is 4.66. The van der Waals surface area contributed by atoms with Gasteiger partial charge in [-0.1, -0.05) is 18.2 Å². The van der Waals surface area contributed by atoms with E-state index in [4.69, 9.17) is 0 Å². The van der Waals surface area contributed by atoms with E-state index in [2.05, 4.69) is 40.4 Å². The van der Waals surface area contributed by atoms with Crippen LogP contribution in [0.25, 0.3) is 5.69 Å². The number of thioether (sulfide) groups is 1. The van der Waals surface area contributed by atoms with Crippen molar-refractivity contribution in [2.24, 2.45) is 5.92 Å². The van der Waals surface area contributed by atoms with Gasteiger partial charge >= 0.3 is 0 Å². The third kappa shape index (κ3) is 3.39.